The third kappa shape index (κ3) is 1.53. The minimum atomic E-state index is -0.328. The minimum absolute atomic E-state index is 0.328. The first-order valence-corrected chi connectivity index (χ1v) is 4.17. The van der Waals surface area contributed by atoms with Crippen molar-refractivity contribution < 1.29 is 4.79 Å². The van der Waals surface area contributed by atoms with E-state index in [1.165, 1.54) is 0 Å². The first-order valence-electron chi connectivity index (χ1n) is 3.72. The number of hydrogen-bond donors (Lipinski definition) is 1. The Balaban J connectivity index is 2.69. The van der Waals surface area contributed by atoms with Crippen molar-refractivity contribution in [1.29, 1.82) is 0 Å². The van der Waals surface area contributed by atoms with Gasteiger partial charge in [-0.25, -0.2) is 4.98 Å². The van der Waals surface area contributed by atoms with Gasteiger partial charge in [-0.2, -0.15) is 0 Å². The van der Waals surface area contributed by atoms with E-state index in [2.05, 4.69) is 22.6 Å². The summed E-state index contributed by atoms with van der Waals surface area (Å²) in [4.78, 5) is 19.0. The van der Waals surface area contributed by atoms with Gasteiger partial charge in [-0.1, -0.05) is 12.6 Å². The van der Waals surface area contributed by atoms with Crippen molar-refractivity contribution in [2.75, 3.05) is 0 Å². The van der Waals surface area contributed by atoms with Crippen molar-refractivity contribution in [3.8, 4) is 0 Å². The lowest BCUT2D eigenvalue weighted by Gasteiger charge is -1.96. The summed E-state index contributed by atoms with van der Waals surface area (Å²) in [6, 6.07) is 6.96. The summed E-state index contributed by atoms with van der Waals surface area (Å²) in [6.45, 7) is 0. The van der Waals surface area contributed by atoms with Crippen LogP contribution in [0.4, 0.5) is 0 Å². The van der Waals surface area contributed by atoms with Gasteiger partial charge < -0.3 is 0 Å². The third-order valence-corrected chi connectivity index (χ3v) is 1.90. The SMILES string of the molecule is O=C(S)c1ccc2ncccc2n1. The minimum Gasteiger partial charge on any atom is -0.280 e. The fourth-order valence-corrected chi connectivity index (χ4v) is 1.20. The number of carbonyl (C=O) groups is 1. The maximum Gasteiger partial charge on any atom is 0.234 e. The molecule has 3 nitrogen and oxygen atoms in total. The van der Waals surface area contributed by atoms with Crippen LogP contribution in [0.15, 0.2) is 30.5 Å². The van der Waals surface area contributed by atoms with E-state index in [9.17, 15) is 4.79 Å². The zero-order chi connectivity index (χ0) is 9.26. The highest BCUT2D eigenvalue weighted by atomic mass is 32.1. The number of carbonyl (C=O) groups excluding carboxylic acids is 1. The van der Waals surface area contributed by atoms with E-state index in [-0.39, 0.29) is 5.12 Å². The third-order valence-electron chi connectivity index (χ3n) is 1.68. The zero-order valence-corrected chi connectivity index (χ0v) is 7.53. The second-order valence-corrected chi connectivity index (χ2v) is 2.95. The van der Waals surface area contributed by atoms with E-state index in [1.807, 2.05) is 6.07 Å². The summed E-state index contributed by atoms with van der Waals surface area (Å²) in [5.74, 6) is 0. The van der Waals surface area contributed by atoms with Crippen LogP contribution in [0.5, 0.6) is 0 Å². The molecule has 64 valence electrons. The molecule has 0 saturated heterocycles. The molecule has 0 saturated carbocycles. The van der Waals surface area contributed by atoms with Crippen LogP contribution in [0.3, 0.4) is 0 Å². The number of hydrogen-bond acceptors (Lipinski definition) is 3. The average molecular weight is 190 g/mol. The molecular formula is C9H6N2OS. The molecule has 0 aliphatic rings. The molecule has 4 heteroatoms. The molecule has 0 aliphatic carbocycles. The van der Waals surface area contributed by atoms with Crippen LogP contribution in [0.25, 0.3) is 11.0 Å². The lowest BCUT2D eigenvalue weighted by molar-refractivity contribution is 0.108. The molecule has 2 heterocycles. The molecule has 13 heavy (non-hydrogen) atoms. The van der Waals surface area contributed by atoms with Crippen LogP contribution >= 0.6 is 12.6 Å². The quantitative estimate of drug-likeness (QED) is 0.696. The predicted molar refractivity (Wildman–Crippen MR) is 52.9 cm³/mol. The normalized spacial score (nSPS) is 10.2. The Bertz CT molecular complexity index is 470. The summed E-state index contributed by atoms with van der Waals surface area (Å²) < 4.78 is 0. The van der Waals surface area contributed by atoms with Crippen molar-refractivity contribution in [1.82, 2.24) is 9.97 Å². The topological polar surface area (TPSA) is 42.9 Å². The summed E-state index contributed by atoms with van der Waals surface area (Å²) in [6.07, 6.45) is 1.69. The Morgan fingerprint density at radius 3 is 2.85 bits per heavy atom. The maximum atomic E-state index is 10.9. The highest BCUT2D eigenvalue weighted by Crippen LogP contribution is 2.09. The molecule has 2 rings (SSSR count). The zero-order valence-electron chi connectivity index (χ0n) is 6.64. The van der Waals surface area contributed by atoms with Gasteiger partial charge in [0.25, 0.3) is 0 Å². The highest BCUT2D eigenvalue weighted by molar-refractivity contribution is 7.97. The van der Waals surface area contributed by atoms with Crippen LogP contribution in [-0.4, -0.2) is 15.1 Å². The molecule has 0 aliphatic heterocycles. The Morgan fingerprint density at radius 2 is 2.08 bits per heavy atom. The number of pyridine rings is 2. The predicted octanol–water partition coefficient (Wildman–Crippen LogP) is 1.70. The average Bonchev–Trinajstić information content (AvgIpc) is 2.17. The van der Waals surface area contributed by atoms with Crippen molar-refractivity contribution in [2.24, 2.45) is 0 Å². The van der Waals surface area contributed by atoms with Crippen LogP contribution in [0, 0.1) is 0 Å². The largest absolute Gasteiger partial charge is 0.280 e. The molecule has 2 aromatic rings. The van der Waals surface area contributed by atoms with Crippen molar-refractivity contribution in [2.45, 2.75) is 0 Å². The van der Waals surface area contributed by atoms with Gasteiger partial charge in [0.2, 0.25) is 5.12 Å². The molecule has 0 unspecified atom stereocenters. The Morgan fingerprint density at radius 1 is 1.23 bits per heavy atom. The van der Waals surface area contributed by atoms with Crippen LogP contribution < -0.4 is 0 Å². The van der Waals surface area contributed by atoms with Gasteiger partial charge in [0, 0.05) is 6.20 Å². The fourth-order valence-electron chi connectivity index (χ4n) is 1.08. The van der Waals surface area contributed by atoms with Crippen LogP contribution in [-0.2, 0) is 0 Å². The summed E-state index contributed by atoms with van der Waals surface area (Å²) in [5, 5.41) is -0.328. The molecule has 2 aromatic heterocycles. The van der Waals surface area contributed by atoms with Gasteiger partial charge in [0.05, 0.1) is 11.0 Å². The molecule has 0 N–H and O–H groups in total. The fraction of sp³-hybridized carbons (Fsp3) is 0. The summed E-state index contributed by atoms with van der Waals surface area (Å²) >= 11 is 3.69. The molecular weight excluding hydrogens is 184 g/mol. The van der Waals surface area contributed by atoms with Gasteiger partial charge >= 0.3 is 0 Å². The van der Waals surface area contributed by atoms with Gasteiger partial charge in [0.15, 0.2) is 0 Å². The Kier molecular flexibility index (Phi) is 1.98. The Labute approximate surface area is 80.2 Å². The van der Waals surface area contributed by atoms with Crippen LogP contribution in [0.1, 0.15) is 10.5 Å². The number of fused-ring (bicyclic) bond motifs is 1. The van der Waals surface area contributed by atoms with Gasteiger partial charge in [0.1, 0.15) is 5.69 Å². The van der Waals surface area contributed by atoms with E-state index in [0.717, 1.165) is 5.52 Å². The van der Waals surface area contributed by atoms with E-state index in [4.69, 9.17) is 0 Å². The summed E-state index contributed by atoms with van der Waals surface area (Å²) in [7, 11) is 0. The molecule has 0 fully saturated rings. The smallest absolute Gasteiger partial charge is 0.234 e. The van der Waals surface area contributed by atoms with Crippen molar-refractivity contribution in [3.05, 3.63) is 36.2 Å². The second-order valence-electron chi connectivity index (χ2n) is 2.54. The first kappa shape index (κ1) is 8.19. The monoisotopic (exact) mass is 190 g/mol. The van der Waals surface area contributed by atoms with Gasteiger partial charge in [-0.15, -0.1) is 0 Å². The number of aromatic nitrogens is 2. The second kappa shape index (κ2) is 3.14. The number of thiol groups is 1. The number of rotatable bonds is 1. The molecule has 0 amide bonds. The molecule has 0 radical (unpaired) electrons. The summed E-state index contributed by atoms with van der Waals surface area (Å²) in [5.41, 5.74) is 1.84. The number of nitrogens with zero attached hydrogens (tertiary/aromatic N) is 2. The molecule has 0 bridgehead atoms. The lowest BCUT2D eigenvalue weighted by Crippen LogP contribution is -1.94. The van der Waals surface area contributed by atoms with Gasteiger partial charge in [-0.3, -0.25) is 9.78 Å². The molecule has 0 atom stereocenters. The maximum absolute atomic E-state index is 10.9. The van der Waals surface area contributed by atoms with Gasteiger partial charge in [-0.05, 0) is 24.3 Å². The van der Waals surface area contributed by atoms with E-state index in [1.54, 1.807) is 24.4 Å². The van der Waals surface area contributed by atoms with Crippen LogP contribution in [0.2, 0.25) is 0 Å². The standard InChI is InChI=1S/C9H6N2OS/c12-9(13)8-4-3-6-7(11-8)2-1-5-10-6/h1-5H,(H,12,13). The molecule has 0 spiro atoms. The van der Waals surface area contributed by atoms with Crippen molar-refractivity contribution >= 4 is 28.8 Å². The lowest BCUT2D eigenvalue weighted by atomic mass is 10.3. The van der Waals surface area contributed by atoms with E-state index in [0.29, 0.717) is 11.2 Å². The van der Waals surface area contributed by atoms with Crippen molar-refractivity contribution in [3.63, 3.8) is 0 Å². The Hall–Kier alpha value is -1.42. The molecule has 0 aromatic carbocycles. The highest BCUT2D eigenvalue weighted by Gasteiger charge is 2.02. The van der Waals surface area contributed by atoms with E-state index < -0.39 is 0 Å². The first-order chi connectivity index (χ1) is 6.27. The van der Waals surface area contributed by atoms with E-state index >= 15 is 0 Å².